The first-order valence-electron chi connectivity index (χ1n) is 10.9. The maximum absolute atomic E-state index is 12.3. The summed E-state index contributed by atoms with van der Waals surface area (Å²) in [6, 6.07) is 10.8. The summed E-state index contributed by atoms with van der Waals surface area (Å²) in [6.45, 7) is 13.1. The van der Waals surface area contributed by atoms with Gasteiger partial charge in [-0.3, -0.25) is 4.98 Å². The summed E-state index contributed by atoms with van der Waals surface area (Å²) in [5.41, 5.74) is 8.75. The van der Waals surface area contributed by atoms with Crippen molar-refractivity contribution in [2.45, 2.75) is 53.6 Å². The minimum atomic E-state index is -0.474. The molecule has 1 amide bonds. The summed E-state index contributed by atoms with van der Waals surface area (Å²) in [7, 11) is 0. The molecule has 0 spiro atoms. The van der Waals surface area contributed by atoms with E-state index in [1.165, 1.54) is 27.6 Å². The van der Waals surface area contributed by atoms with Crippen molar-refractivity contribution in [3.63, 3.8) is 0 Å². The average Bonchev–Trinajstić information content (AvgIpc) is 3.02. The van der Waals surface area contributed by atoms with Gasteiger partial charge in [0.2, 0.25) is 0 Å². The van der Waals surface area contributed by atoms with Gasteiger partial charge in [0.25, 0.3) is 0 Å². The third-order valence-electron chi connectivity index (χ3n) is 5.66. The molecule has 1 aliphatic rings. The molecule has 5 heteroatoms. The molecular formula is C26H31N3O2. The molecule has 31 heavy (non-hydrogen) atoms. The maximum atomic E-state index is 12.3. The van der Waals surface area contributed by atoms with Crippen molar-refractivity contribution in [3.05, 3.63) is 59.1 Å². The van der Waals surface area contributed by atoms with Crippen LogP contribution in [0.15, 0.2) is 36.4 Å². The number of aryl methyl sites for hydroxylation is 3. The minimum absolute atomic E-state index is 0.247. The van der Waals surface area contributed by atoms with Crippen molar-refractivity contribution in [1.82, 2.24) is 14.9 Å². The second-order valence-electron chi connectivity index (χ2n) is 9.43. The van der Waals surface area contributed by atoms with Gasteiger partial charge >= 0.3 is 6.09 Å². The Kier molecular flexibility index (Phi) is 5.38. The van der Waals surface area contributed by atoms with E-state index in [1.54, 1.807) is 4.90 Å². The van der Waals surface area contributed by atoms with E-state index in [1.807, 2.05) is 34.6 Å². The van der Waals surface area contributed by atoms with Gasteiger partial charge in [-0.15, -0.1) is 0 Å². The third-order valence-corrected chi connectivity index (χ3v) is 5.66. The van der Waals surface area contributed by atoms with Gasteiger partial charge < -0.3 is 14.6 Å². The lowest BCUT2D eigenvalue weighted by atomic mass is 10.00. The van der Waals surface area contributed by atoms with Crippen molar-refractivity contribution >= 4 is 22.6 Å². The van der Waals surface area contributed by atoms with Gasteiger partial charge in [0.05, 0.1) is 0 Å². The summed E-state index contributed by atoms with van der Waals surface area (Å²) in [5.74, 6) is 0. The molecule has 2 aromatic heterocycles. The van der Waals surface area contributed by atoms with Crippen LogP contribution >= 0.6 is 0 Å². The second-order valence-corrected chi connectivity index (χ2v) is 9.43. The molecule has 3 aromatic rings. The molecule has 3 heterocycles. The molecule has 1 aromatic carbocycles. The average molecular weight is 418 g/mol. The zero-order valence-corrected chi connectivity index (χ0v) is 19.3. The van der Waals surface area contributed by atoms with E-state index in [9.17, 15) is 4.79 Å². The molecule has 0 unspecified atom stereocenters. The summed E-state index contributed by atoms with van der Waals surface area (Å²) >= 11 is 0. The molecule has 0 fully saturated rings. The van der Waals surface area contributed by atoms with Gasteiger partial charge in [-0.05, 0) is 88.4 Å². The summed E-state index contributed by atoms with van der Waals surface area (Å²) in [5, 5.41) is 1.23. The van der Waals surface area contributed by atoms with Crippen LogP contribution in [0.4, 0.5) is 4.79 Å². The van der Waals surface area contributed by atoms with E-state index in [2.05, 4.69) is 53.3 Å². The third kappa shape index (κ3) is 4.50. The number of amides is 1. The van der Waals surface area contributed by atoms with Crippen LogP contribution in [-0.4, -0.2) is 39.7 Å². The van der Waals surface area contributed by atoms with Crippen molar-refractivity contribution < 1.29 is 9.53 Å². The molecule has 0 atom stereocenters. The van der Waals surface area contributed by atoms with Gasteiger partial charge in [-0.2, -0.15) is 0 Å². The molecule has 0 saturated carbocycles. The minimum Gasteiger partial charge on any atom is -0.444 e. The second kappa shape index (κ2) is 7.88. The first-order valence-corrected chi connectivity index (χ1v) is 10.9. The molecule has 4 rings (SSSR count). The number of benzene rings is 1. The predicted molar refractivity (Wildman–Crippen MR) is 126 cm³/mol. The standard InChI is InChI=1S/C26H31N3O2/c1-16-13-21(14-17(2)27-16)20-7-8-22-18(3)24(28-23(22)15-20)19-9-11-29(12-10-19)25(30)31-26(4,5)6/h7-9,13-15,28H,10-12H2,1-6H3. The lowest BCUT2D eigenvalue weighted by Crippen LogP contribution is -2.39. The molecule has 5 nitrogen and oxygen atoms in total. The van der Waals surface area contributed by atoms with Crippen molar-refractivity contribution in [1.29, 1.82) is 0 Å². The Morgan fingerprint density at radius 3 is 2.39 bits per heavy atom. The fraction of sp³-hybridized carbons (Fsp3) is 0.385. The van der Waals surface area contributed by atoms with Crippen LogP contribution in [0.3, 0.4) is 0 Å². The highest BCUT2D eigenvalue weighted by molar-refractivity contribution is 5.92. The molecule has 1 aliphatic heterocycles. The predicted octanol–water partition coefficient (Wildman–Crippen LogP) is 6.18. The fourth-order valence-electron chi connectivity index (χ4n) is 4.23. The Labute approximate surface area is 184 Å². The highest BCUT2D eigenvalue weighted by atomic mass is 16.6. The van der Waals surface area contributed by atoms with Crippen LogP contribution in [0.25, 0.3) is 27.6 Å². The van der Waals surface area contributed by atoms with Crippen molar-refractivity contribution in [3.8, 4) is 11.1 Å². The van der Waals surface area contributed by atoms with E-state index in [-0.39, 0.29) is 6.09 Å². The van der Waals surface area contributed by atoms with Crippen molar-refractivity contribution in [2.24, 2.45) is 0 Å². The van der Waals surface area contributed by atoms with Gasteiger partial charge in [0, 0.05) is 41.1 Å². The van der Waals surface area contributed by atoms with Crippen molar-refractivity contribution in [2.75, 3.05) is 13.1 Å². The van der Waals surface area contributed by atoms with Crippen LogP contribution in [0.1, 0.15) is 49.8 Å². The largest absolute Gasteiger partial charge is 0.444 e. The SMILES string of the molecule is Cc1cc(-c2ccc3c(C)c(C4=CCN(C(=O)OC(C)(C)C)CC4)[nH]c3c2)cc(C)n1. The van der Waals surface area contributed by atoms with Gasteiger partial charge in [-0.1, -0.05) is 18.2 Å². The fourth-order valence-corrected chi connectivity index (χ4v) is 4.23. The normalized spacial score (nSPS) is 14.6. The molecule has 162 valence electrons. The Hall–Kier alpha value is -3.08. The van der Waals surface area contributed by atoms with Gasteiger partial charge in [0.15, 0.2) is 0 Å². The van der Waals surface area contributed by atoms with E-state index < -0.39 is 5.60 Å². The number of H-pyrrole nitrogens is 1. The van der Waals surface area contributed by atoms with Gasteiger partial charge in [0.1, 0.15) is 5.60 Å². The topological polar surface area (TPSA) is 58.2 Å². The number of fused-ring (bicyclic) bond motifs is 1. The molecule has 0 aliphatic carbocycles. The molecule has 0 saturated heterocycles. The Balaban J connectivity index is 1.60. The van der Waals surface area contributed by atoms with E-state index in [4.69, 9.17) is 4.74 Å². The van der Waals surface area contributed by atoms with Crippen LogP contribution in [-0.2, 0) is 4.74 Å². The smallest absolute Gasteiger partial charge is 0.410 e. The van der Waals surface area contributed by atoms with E-state index in [0.29, 0.717) is 13.1 Å². The quantitative estimate of drug-likeness (QED) is 0.542. The summed E-state index contributed by atoms with van der Waals surface area (Å²) in [4.78, 5) is 22.2. The van der Waals surface area contributed by atoms with Gasteiger partial charge in [-0.25, -0.2) is 4.79 Å². The van der Waals surface area contributed by atoms with Crippen LogP contribution < -0.4 is 0 Å². The number of hydrogen-bond donors (Lipinski definition) is 1. The summed E-state index contributed by atoms with van der Waals surface area (Å²) < 4.78 is 5.51. The number of ether oxygens (including phenoxy) is 1. The Morgan fingerprint density at radius 1 is 1.06 bits per heavy atom. The number of nitrogens with zero attached hydrogens (tertiary/aromatic N) is 2. The number of nitrogens with one attached hydrogen (secondary N) is 1. The monoisotopic (exact) mass is 417 g/mol. The number of hydrogen-bond acceptors (Lipinski definition) is 3. The molecular weight excluding hydrogens is 386 g/mol. The van der Waals surface area contributed by atoms with Crippen LogP contribution in [0.2, 0.25) is 0 Å². The molecule has 1 N–H and O–H groups in total. The van der Waals surface area contributed by atoms with E-state index >= 15 is 0 Å². The zero-order chi connectivity index (χ0) is 22.3. The number of aromatic amines is 1. The zero-order valence-electron chi connectivity index (χ0n) is 19.3. The first kappa shape index (κ1) is 21.2. The Morgan fingerprint density at radius 2 is 1.77 bits per heavy atom. The van der Waals surface area contributed by atoms with E-state index in [0.717, 1.165) is 29.0 Å². The summed E-state index contributed by atoms with van der Waals surface area (Å²) in [6.07, 6.45) is 2.70. The highest BCUT2D eigenvalue weighted by Gasteiger charge is 2.25. The van der Waals surface area contributed by atoms with Crippen LogP contribution in [0.5, 0.6) is 0 Å². The number of pyridine rings is 1. The molecule has 0 radical (unpaired) electrons. The highest BCUT2D eigenvalue weighted by Crippen LogP contribution is 2.33. The lowest BCUT2D eigenvalue weighted by molar-refractivity contribution is 0.0270. The number of carbonyl (C=O) groups is 1. The number of rotatable bonds is 2. The Bertz CT molecular complexity index is 1160. The van der Waals surface area contributed by atoms with Crippen LogP contribution in [0, 0.1) is 20.8 Å². The lowest BCUT2D eigenvalue weighted by Gasteiger charge is -2.29. The number of aromatic nitrogens is 2. The maximum Gasteiger partial charge on any atom is 0.410 e. The first-order chi connectivity index (χ1) is 14.6. The number of carbonyl (C=O) groups excluding carboxylic acids is 1. The molecule has 0 bridgehead atoms.